The number of rotatable bonds is 3. The molecule has 0 aliphatic heterocycles. The Labute approximate surface area is 95.0 Å². The summed E-state index contributed by atoms with van der Waals surface area (Å²) in [6.07, 6.45) is 4.08. The number of aromatic nitrogens is 1. The Morgan fingerprint density at radius 1 is 1.19 bits per heavy atom. The number of carbonyl (C=O) groups is 1. The minimum Gasteiger partial charge on any atom is -0.294 e. The Bertz CT molecular complexity index is 491. The van der Waals surface area contributed by atoms with Gasteiger partial charge in [0.25, 0.3) is 0 Å². The summed E-state index contributed by atoms with van der Waals surface area (Å²) in [4.78, 5) is 15.7. The molecule has 2 rings (SSSR count). The van der Waals surface area contributed by atoms with Gasteiger partial charge < -0.3 is 0 Å². The van der Waals surface area contributed by atoms with Gasteiger partial charge in [-0.2, -0.15) is 0 Å². The molecule has 16 heavy (non-hydrogen) atoms. The summed E-state index contributed by atoms with van der Waals surface area (Å²) >= 11 is 0. The standard InChI is InChI=1S/C14H13NO/c1-2-14(16)12-6-3-5-11(9-12)13-7-4-8-15-10-13/h3-10H,2H2,1H3. The summed E-state index contributed by atoms with van der Waals surface area (Å²) in [7, 11) is 0. The van der Waals surface area contributed by atoms with Crippen molar-refractivity contribution in [2.75, 3.05) is 0 Å². The second kappa shape index (κ2) is 4.71. The van der Waals surface area contributed by atoms with E-state index in [1.54, 1.807) is 12.4 Å². The van der Waals surface area contributed by atoms with Crippen LogP contribution in [0.4, 0.5) is 0 Å². The number of carbonyl (C=O) groups excluding carboxylic acids is 1. The zero-order valence-corrected chi connectivity index (χ0v) is 9.18. The number of pyridine rings is 1. The quantitative estimate of drug-likeness (QED) is 0.729. The van der Waals surface area contributed by atoms with Gasteiger partial charge in [-0.1, -0.05) is 31.2 Å². The van der Waals surface area contributed by atoms with E-state index in [0.29, 0.717) is 6.42 Å². The molecule has 0 atom stereocenters. The Morgan fingerprint density at radius 2 is 2.00 bits per heavy atom. The van der Waals surface area contributed by atoms with Gasteiger partial charge in [0.2, 0.25) is 0 Å². The number of nitrogens with zero attached hydrogens (tertiary/aromatic N) is 1. The molecule has 0 N–H and O–H groups in total. The van der Waals surface area contributed by atoms with Crippen LogP contribution < -0.4 is 0 Å². The predicted octanol–water partition coefficient (Wildman–Crippen LogP) is 3.34. The van der Waals surface area contributed by atoms with Gasteiger partial charge in [-0.15, -0.1) is 0 Å². The lowest BCUT2D eigenvalue weighted by Crippen LogP contribution is -1.96. The second-order valence-electron chi connectivity index (χ2n) is 3.60. The molecule has 0 aliphatic carbocycles. The first-order chi connectivity index (χ1) is 7.81. The molecule has 0 fully saturated rings. The highest BCUT2D eigenvalue weighted by molar-refractivity contribution is 5.96. The fourth-order valence-corrected chi connectivity index (χ4v) is 1.61. The Balaban J connectivity index is 2.40. The highest BCUT2D eigenvalue weighted by atomic mass is 16.1. The van der Waals surface area contributed by atoms with Gasteiger partial charge in [0.15, 0.2) is 5.78 Å². The van der Waals surface area contributed by atoms with Crippen molar-refractivity contribution in [1.82, 2.24) is 4.98 Å². The van der Waals surface area contributed by atoms with Gasteiger partial charge >= 0.3 is 0 Å². The van der Waals surface area contributed by atoms with Crippen LogP contribution in [0.25, 0.3) is 11.1 Å². The van der Waals surface area contributed by atoms with Crippen molar-refractivity contribution in [3.05, 3.63) is 54.4 Å². The van der Waals surface area contributed by atoms with E-state index >= 15 is 0 Å². The van der Waals surface area contributed by atoms with Gasteiger partial charge in [-0.25, -0.2) is 0 Å². The molecular formula is C14H13NO. The van der Waals surface area contributed by atoms with Crippen LogP contribution in [0.1, 0.15) is 23.7 Å². The molecule has 1 aromatic heterocycles. The van der Waals surface area contributed by atoms with Crippen LogP contribution in [0.2, 0.25) is 0 Å². The van der Waals surface area contributed by atoms with Crippen molar-refractivity contribution in [2.45, 2.75) is 13.3 Å². The molecule has 0 radical (unpaired) electrons. The van der Waals surface area contributed by atoms with E-state index in [1.807, 2.05) is 43.3 Å². The van der Waals surface area contributed by atoms with Crippen molar-refractivity contribution >= 4 is 5.78 Å². The topological polar surface area (TPSA) is 30.0 Å². The van der Waals surface area contributed by atoms with Gasteiger partial charge in [0.1, 0.15) is 0 Å². The van der Waals surface area contributed by atoms with Crippen LogP contribution in [-0.2, 0) is 0 Å². The Hall–Kier alpha value is -1.96. The van der Waals surface area contributed by atoms with Gasteiger partial charge in [0, 0.05) is 29.9 Å². The van der Waals surface area contributed by atoms with Crippen LogP contribution in [-0.4, -0.2) is 10.8 Å². The molecule has 0 unspecified atom stereocenters. The van der Waals surface area contributed by atoms with E-state index in [4.69, 9.17) is 0 Å². The van der Waals surface area contributed by atoms with Crippen LogP contribution in [0.15, 0.2) is 48.8 Å². The maximum Gasteiger partial charge on any atom is 0.162 e. The summed E-state index contributed by atoms with van der Waals surface area (Å²) in [5.41, 5.74) is 2.84. The zero-order chi connectivity index (χ0) is 11.4. The first-order valence-electron chi connectivity index (χ1n) is 5.35. The van der Waals surface area contributed by atoms with E-state index in [9.17, 15) is 4.79 Å². The molecule has 0 amide bonds. The molecule has 0 saturated carbocycles. The van der Waals surface area contributed by atoms with Crippen LogP contribution in [0, 0.1) is 0 Å². The summed E-state index contributed by atoms with van der Waals surface area (Å²) < 4.78 is 0. The van der Waals surface area contributed by atoms with Crippen molar-refractivity contribution in [3.63, 3.8) is 0 Å². The van der Waals surface area contributed by atoms with Gasteiger partial charge in [-0.3, -0.25) is 9.78 Å². The number of hydrogen-bond donors (Lipinski definition) is 0. The van der Waals surface area contributed by atoms with Gasteiger partial charge in [-0.05, 0) is 17.7 Å². The minimum atomic E-state index is 0.172. The molecule has 2 aromatic rings. The number of benzene rings is 1. The average Bonchev–Trinajstić information content (AvgIpc) is 2.39. The SMILES string of the molecule is CCC(=O)c1cccc(-c2cccnc2)c1. The smallest absolute Gasteiger partial charge is 0.162 e. The van der Waals surface area contributed by atoms with E-state index in [0.717, 1.165) is 16.7 Å². The third kappa shape index (κ3) is 2.16. The summed E-state index contributed by atoms with van der Waals surface area (Å²) in [6, 6.07) is 11.6. The highest BCUT2D eigenvalue weighted by Gasteiger charge is 2.04. The van der Waals surface area contributed by atoms with E-state index in [-0.39, 0.29) is 5.78 Å². The molecular weight excluding hydrogens is 198 g/mol. The maximum atomic E-state index is 11.6. The molecule has 0 bridgehead atoms. The summed E-state index contributed by atoms with van der Waals surface area (Å²) in [6.45, 7) is 1.87. The molecule has 2 heteroatoms. The van der Waals surface area contributed by atoms with Crippen molar-refractivity contribution in [1.29, 1.82) is 0 Å². The monoisotopic (exact) mass is 211 g/mol. The van der Waals surface area contributed by atoms with Crippen molar-refractivity contribution < 1.29 is 4.79 Å². The van der Waals surface area contributed by atoms with E-state index in [1.165, 1.54) is 0 Å². The average molecular weight is 211 g/mol. The maximum absolute atomic E-state index is 11.6. The zero-order valence-electron chi connectivity index (χ0n) is 9.18. The van der Waals surface area contributed by atoms with E-state index in [2.05, 4.69) is 4.98 Å². The lowest BCUT2D eigenvalue weighted by molar-refractivity contribution is 0.0988. The third-order valence-electron chi connectivity index (χ3n) is 2.50. The largest absolute Gasteiger partial charge is 0.294 e. The summed E-state index contributed by atoms with van der Waals surface area (Å²) in [5, 5.41) is 0. The summed E-state index contributed by atoms with van der Waals surface area (Å²) in [5.74, 6) is 0.172. The molecule has 1 heterocycles. The lowest BCUT2D eigenvalue weighted by atomic mass is 10.0. The highest BCUT2D eigenvalue weighted by Crippen LogP contribution is 2.19. The molecule has 2 nitrogen and oxygen atoms in total. The molecule has 0 saturated heterocycles. The Kier molecular flexibility index (Phi) is 3.10. The third-order valence-corrected chi connectivity index (χ3v) is 2.50. The molecule has 0 spiro atoms. The predicted molar refractivity (Wildman–Crippen MR) is 64.3 cm³/mol. The first kappa shape index (κ1) is 10.6. The van der Waals surface area contributed by atoms with Crippen LogP contribution in [0.5, 0.6) is 0 Å². The first-order valence-corrected chi connectivity index (χ1v) is 5.35. The number of hydrogen-bond acceptors (Lipinski definition) is 2. The number of ketones is 1. The fourth-order valence-electron chi connectivity index (χ4n) is 1.61. The van der Waals surface area contributed by atoms with E-state index < -0.39 is 0 Å². The molecule has 1 aromatic carbocycles. The minimum absolute atomic E-state index is 0.172. The van der Waals surface area contributed by atoms with Crippen molar-refractivity contribution in [3.8, 4) is 11.1 Å². The second-order valence-corrected chi connectivity index (χ2v) is 3.60. The molecule has 0 aliphatic rings. The van der Waals surface area contributed by atoms with Gasteiger partial charge in [0.05, 0.1) is 0 Å². The van der Waals surface area contributed by atoms with Crippen LogP contribution >= 0.6 is 0 Å². The van der Waals surface area contributed by atoms with Crippen molar-refractivity contribution in [2.24, 2.45) is 0 Å². The number of Topliss-reactive ketones (excluding diaryl/α,β-unsaturated/α-hetero) is 1. The lowest BCUT2D eigenvalue weighted by Gasteiger charge is -2.03. The Morgan fingerprint density at radius 3 is 2.69 bits per heavy atom. The fraction of sp³-hybridized carbons (Fsp3) is 0.143. The normalized spacial score (nSPS) is 10.1. The molecule has 80 valence electrons. The van der Waals surface area contributed by atoms with Crippen LogP contribution in [0.3, 0.4) is 0 Å².